The Kier molecular flexibility index (Phi) is 4.92. The second kappa shape index (κ2) is 5.77. The van der Waals surface area contributed by atoms with E-state index in [2.05, 4.69) is 5.32 Å². The number of nitrogens with one attached hydrogen (secondary N) is 1. The van der Waals surface area contributed by atoms with Crippen LogP contribution in [-0.2, 0) is 4.74 Å². The van der Waals surface area contributed by atoms with Crippen LogP contribution in [-0.4, -0.2) is 19.8 Å². The summed E-state index contributed by atoms with van der Waals surface area (Å²) in [5.41, 5.74) is 0.149. The zero-order chi connectivity index (χ0) is 10.8. The molecule has 1 aliphatic heterocycles. The lowest BCUT2D eigenvalue weighted by Crippen LogP contribution is -2.35. The molecule has 0 amide bonds. The van der Waals surface area contributed by atoms with Crippen LogP contribution in [0.15, 0.2) is 12.1 Å². The van der Waals surface area contributed by atoms with E-state index >= 15 is 0 Å². The minimum Gasteiger partial charge on any atom is -0.378 e. The molecule has 1 fully saturated rings. The highest BCUT2D eigenvalue weighted by atomic mass is 35.5. The second-order valence-corrected chi connectivity index (χ2v) is 3.72. The summed E-state index contributed by atoms with van der Waals surface area (Å²) in [6.45, 7) is 1.49. The largest absolute Gasteiger partial charge is 0.378 e. The van der Waals surface area contributed by atoms with Gasteiger partial charge in [-0.1, -0.05) is 11.6 Å². The number of halogens is 4. The summed E-state index contributed by atoms with van der Waals surface area (Å²) >= 11 is 5.72. The average molecular weight is 270 g/mol. The van der Waals surface area contributed by atoms with Crippen LogP contribution in [0.1, 0.15) is 11.6 Å². The Bertz CT molecular complexity index is 370. The van der Waals surface area contributed by atoms with Crippen LogP contribution in [0.25, 0.3) is 0 Å². The summed E-state index contributed by atoms with van der Waals surface area (Å²) in [5.74, 6) is -1.12. The smallest absolute Gasteiger partial charge is 0.142 e. The van der Waals surface area contributed by atoms with Crippen molar-refractivity contribution in [1.29, 1.82) is 0 Å². The highest BCUT2D eigenvalue weighted by Crippen LogP contribution is 2.29. The Morgan fingerprint density at radius 2 is 2.00 bits per heavy atom. The van der Waals surface area contributed by atoms with Crippen LogP contribution >= 0.6 is 24.0 Å². The molecule has 0 bridgehead atoms. The van der Waals surface area contributed by atoms with Crippen molar-refractivity contribution in [3.8, 4) is 0 Å². The van der Waals surface area contributed by atoms with Crippen molar-refractivity contribution in [1.82, 2.24) is 5.32 Å². The van der Waals surface area contributed by atoms with Crippen molar-refractivity contribution in [3.63, 3.8) is 0 Å². The van der Waals surface area contributed by atoms with Crippen LogP contribution in [0.4, 0.5) is 8.78 Å². The van der Waals surface area contributed by atoms with E-state index in [-0.39, 0.29) is 29.0 Å². The van der Waals surface area contributed by atoms with E-state index < -0.39 is 11.6 Å². The molecule has 0 radical (unpaired) electrons. The van der Waals surface area contributed by atoms with Gasteiger partial charge in [-0.2, -0.15) is 0 Å². The lowest BCUT2D eigenvalue weighted by molar-refractivity contribution is 0.0757. The van der Waals surface area contributed by atoms with Gasteiger partial charge in [0.1, 0.15) is 11.6 Å². The summed E-state index contributed by atoms with van der Waals surface area (Å²) in [6, 6.07) is 1.72. The number of hydrogen-bond acceptors (Lipinski definition) is 2. The van der Waals surface area contributed by atoms with E-state index in [1.807, 2.05) is 0 Å². The summed E-state index contributed by atoms with van der Waals surface area (Å²) in [6.07, 6.45) is 0. The molecule has 1 aromatic carbocycles. The zero-order valence-corrected chi connectivity index (χ0v) is 9.88. The molecule has 1 aliphatic rings. The fourth-order valence-electron chi connectivity index (χ4n) is 1.61. The standard InChI is InChI=1S/C10H10ClF2NO.ClH/c11-10-7(13)2-1-6(12)9(10)8-5-15-4-3-14-8;/h1-2,8,14H,3-5H2;1H/t8-;/m1./s1. The van der Waals surface area contributed by atoms with Gasteiger partial charge in [-0.25, -0.2) is 8.78 Å². The Hall–Kier alpha value is -0.420. The molecule has 1 heterocycles. The monoisotopic (exact) mass is 269 g/mol. The molecule has 6 heteroatoms. The molecule has 0 aromatic heterocycles. The summed E-state index contributed by atoms with van der Waals surface area (Å²) in [5, 5.41) is 2.86. The Labute approximate surface area is 103 Å². The topological polar surface area (TPSA) is 21.3 Å². The third-order valence-corrected chi connectivity index (χ3v) is 2.73. The summed E-state index contributed by atoms with van der Waals surface area (Å²) in [7, 11) is 0. The van der Waals surface area contributed by atoms with Crippen LogP contribution in [0, 0.1) is 11.6 Å². The Morgan fingerprint density at radius 1 is 1.31 bits per heavy atom. The van der Waals surface area contributed by atoms with Gasteiger partial charge in [0.15, 0.2) is 0 Å². The van der Waals surface area contributed by atoms with Crippen molar-refractivity contribution >= 4 is 24.0 Å². The normalized spacial score (nSPS) is 20.3. The van der Waals surface area contributed by atoms with E-state index in [1.54, 1.807) is 0 Å². The van der Waals surface area contributed by atoms with E-state index in [0.29, 0.717) is 19.8 Å². The van der Waals surface area contributed by atoms with E-state index in [0.717, 1.165) is 12.1 Å². The molecule has 0 unspecified atom stereocenters. The van der Waals surface area contributed by atoms with Gasteiger partial charge < -0.3 is 10.1 Å². The van der Waals surface area contributed by atoms with Crippen molar-refractivity contribution in [2.75, 3.05) is 19.8 Å². The predicted octanol–water partition coefficient (Wildman–Crippen LogP) is 2.70. The molecule has 1 N–H and O–H groups in total. The summed E-state index contributed by atoms with van der Waals surface area (Å²) < 4.78 is 31.8. The molecule has 0 spiro atoms. The first kappa shape index (κ1) is 13.6. The quantitative estimate of drug-likeness (QED) is 0.792. The Morgan fingerprint density at radius 3 is 2.62 bits per heavy atom. The molecular weight excluding hydrogens is 259 g/mol. The third-order valence-electron chi connectivity index (χ3n) is 2.35. The maximum absolute atomic E-state index is 13.5. The van der Waals surface area contributed by atoms with Crippen molar-refractivity contribution in [2.45, 2.75) is 6.04 Å². The Balaban J connectivity index is 0.00000128. The number of rotatable bonds is 1. The molecule has 2 rings (SSSR count). The first-order chi connectivity index (χ1) is 7.20. The highest BCUT2D eigenvalue weighted by molar-refractivity contribution is 6.31. The van der Waals surface area contributed by atoms with Gasteiger partial charge in [0, 0.05) is 12.1 Å². The van der Waals surface area contributed by atoms with Crippen LogP contribution in [0.2, 0.25) is 5.02 Å². The van der Waals surface area contributed by atoms with E-state index in [4.69, 9.17) is 16.3 Å². The maximum Gasteiger partial charge on any atom is 0.142 e. The molecular formula is C10H11Cl2F2NO. The van der Waals surface area contributed by atoms with Gasteiger partial charge >= 0.3 is 0 Å². The molecule has 2 nitrogen and oxygen atoms in total. The van der Waals surface area contributed by atoms with Gasteiger partial charge in [0.05, 0.1) is 24.3 Å². The predicted molar refractivity (Wildman–Crippen MR) is 60.2 cm³/mol. The molecule has 0 saturated carbocycles. The van der Waals surface area contributed by atoms with Gasteiger partial charge in [-0.15, -0.1) is 12.4 Å². The lowest BCUT2D eigenvalue weighted by atomic mass is 10.1. The third kappa shape index (κ3) is 2.63. The number of ether oxygens (including phenoxy) is 1. The van der Waals surface area contributed by atoms with E-state index in [1.165, 1.54) is 0 Å². The zero-order valence-electron chi connectivity index (χ0n) is 8.30. The van der Waals surface area contributed by atoms with Crippen LogP contribution in [0.3, 0.4) is 0 Å². The van der Waals surface area contributed by atoms with Crippen LogP contribution < -0.4 is 5.32 Å². The molecule has 90 valence electrons. The molecule has 1 atom stereocenters. The van der Waals surface area contributed by atoms with Crippen molar-refractivity contribution < 1.29 is 13.5 Å². The average Bonchev–Trinajstić information content (AvgIpc) is 2.26. The second-order valence-electron chi connectivity index (χ2n) is 3.34. The minimum atomic E-state index is -0.611. The molecule has 0 aliphatic carbocycles. The van der Waals surface area contributed by atoms with Crippen molar-refractivity contribution in [3.05, 3.63) is 34.4 Å². The summed E-state index contributed by atoms with van der Waals surface area (Å²) in [4.78, 5) is 0. The van der Waals surface area contributed by atoms with Crippen LogP contribution in [0.5, 0.6) is 0 Å². The lowest BCUT2D eigenvalue weighted by Gasteiger charge is -2.25. The molecule has 1 aromatic rings. The number of benzene rings is 1. The van der Waals surface area contributed by atoms with Gasteiger partial charge in [-0.3, -0.25) is 0 Å². The number of hydrogen-bond donors (Lipinski definition) is 1. The maximum atomic E-state index is 13.5. The number of morpholine rings is 1. The molecule has 16 heavy (non-hydrogen) atoms. The SMILES string of the molecule is Cl.Fc1ccc(F)c([C@H]2COCCN2)c1Cl. The van der Waals surface area contributed by atoms with Crippen molar-refractivity contribution in [2.24, 2.45) is 0 Å². The highest BCUT2D eigenvalue weighted by Gasteiger charge is 2.23. The fraction of sp³-hybridized carbons (Fsp3) is 0.400. The van der Waals surface area contributed by atoms with Gasteiger partial charge in [0.2, 0.25) is 0 Å². The van der Waals surface area contributed by atoms with Gasteiger partial charge in [0.25, 0.3) is 0 Å². The molecule has 1 saturated heterocycles. The van der Waals surface area contributed by atoms with Gasteiger partial charge in [-0.05, 0) is 12.1 Å². The first-order valence-corrected chi connectivity index (χ1v) is 5.02. The minimum absolute atomic E-state index is 0. The fourth-order valence-corrected chi connectivity index (χ4v) is 1.90. The first-order valence-electron chi connectivity index (χ1n) is 4.64. The van der Waals surface area contributed by atoms with E-state index in [9.17, 15) is 8.78 Å².